The van der Waals surface area contributed by atoms with E-state index >= 15 is 0 Å². The third-order valence-corrected chi connectivity index (χ3v) is 7.35. The lowest BCUT2D eigenvalue weighted by atomic mass is 9.94. The molecule has 0 aliphatic heterocycles. The number of rotatable bonds is 10. The lowest BCUT2D eigenvalue weighted by Crippen LogP contribution is -2.55. The molecule has 0 spiro atoms. The van der Waals surface area contributed by atoms with Gasteiger partial charge in [0.2, 0.25) is 5.91 Å². The molecule has 3 aromatic carbocycles. The number of anilines is 1. The van der Waals surface area contributed by atoms with E-state index in [0.717, 1.165) is 11.1 Å². The topological polar surface area (TPSA) is 108 Å². The van der Waals surface area contributed by atoms with Gasteiger partial charge in [0.15, 0.2) is 0 Å². The Hall–Kier alpha value is -4.77. The summed E-state index contributed by atoms with van der Waals surface area (Å²) >= 11 is 0. The molecule has 232 valence electrons. The van der Waals surface area contributed by atoms with Crippen molar-refractivity contribution in [3.63, 3.8) is 0 Å². The second kappa shape index (κ2) is 14.6. The van der Waals surface area contributed by atoms with Gasteiger partial charge in [0.25, 0.3) is 5.91 Å². The van der Waals surface area contributed by atoms with Crippen LogP contribution in [-0.4, -0.2) is 45.6 Å². The number of benzene rings is 3. The van der Waals surface area contributed by atoms with Crippen molar-refractivity contribution in [2.75, 3.05) is 5.32 Å². The van der Waals surface area contributed by atoms with Crippen LogP contribution < -0.4 is 10.6 Å². The molecular formula is C36H43N3O5. The summed E-state index contributed by atoms with van der Waals surface area (Å²) in [5, 5.41) is 15.6. The number of nitrogens with one attached hydrogen (secondary N) is 2. The summed E-state index contributed by atoms with van der Waals surface area (Å²) in [5.74, 6) is 1.83. The largest absolute Gasteiger partial charge is 0.508 e. The number of hydrogen-bond donors (Lipinski definition) is 3. The van der Waals surface area contributed by atoms with Crippen LogP contribution in [0.1, 0.15) is 74.9 Å². The molecule has 0 heterocycles. The van der Waals surface area contributed by atoms with Crippen molar-refractivity contribution >= 4 is 23.6 Å². The van der Waals surface area contributed by atoms with Crippen LogP contribution in [0.4, 0.5) is 10.5 Å². The van der Waals surface area contributed by atoms with E-state index in [1.165, 1.54) is 17.0 Å². The molecule has 44 heavy (non-hydrogen) atoms. The summed E-state index contributed by atoms with van der Waals surface area (Å²) in [4.78, 5) is 43.6. The van der Waals surface area contributed by atoms with E-state index in [2.05, 4.69) is 16.6 Å². The molecule has 0 saturated carbocycles. The fourth-order valence-electron chi connectivity index (χ4n) is 4.98. The zero-order valence-corrected chi connectivity index (χ0v) is 26.6. The summed E-state index contributed by atoms with van der Waals surface area (Å²) in [6.07, 6.45) is 5.74. The van der Waals surface area contributed by atoms with Gasteiger partial charge >= 0.3 is 6.09 Å². The molecule has 0 bridgehead atoms. The molecule has 0 aromatic heterocycles. The van der Waals surface area contributed by atoms with Crippen LogP contribution in [0.2, 0.25) is 0 Å². The van der Waals surface area contributed by atoms with Gasteiger partial charge in [-0.25, -0.2) is 4.79 Å². The number of alkyl carbamates (subject to hydrolysis) is 1. The van der Waals surface area contributed by atoms with Gasteiger partial charge < -0.3 is 25.4 Å². The number of aryl methyl sites for hydroxylation is 2. The Kier molecular flexibility index (Phi) is 11.2. The van der Waals surface area contributed by atoms with E-state index in [1.807, 2.05) is 45.9 Å². The lowest BCUT2D eigenvalue weighted by Gasteiger charge is -2.38. The highest BCUT2D eigenvalue weighted by atomic mass is 16.6. The first-order valence-electron chi connectivity index (χ1n) is 14.8. The molecule has 3 amide bonds. The van der Waals surface area contributed by atoms with Gasteiger partial charge in [-0.05, 0) is 88.4 Å². The highest BCUT2D eigenvalue weighted by molar-refractivity contribution is 6.00. The van der Waals surface area contributed by atoms with E-state index in [4.69, 9.17) is 11.2 Å². The summed E-state index contributed by atoms with van der Waals surface area (Å²) in [6, 6.07) is 16.5. The average molecular weight is 598 g/mol. The van der Waals surface area contributed by atoms with Crippen LogP contribution in [0, 0.1) is 26.2 Å². The molecule has 3 atom stereocenters. The van der Waals surface area contributed by atoms with Gasteiger partial charge in [0.1, 0.15) is 23.4 Å². The first-order valence-corrected chi connectivity index (χ1v) is 14.8. The Balaban J connectivity index is 2.17. The minimum Gasteiger partial charge on any atom is -0.508 e. The second-order valence-corrected chi connectivity index (χ2v) is 12.0. The van der Waals surface area contributed by atoms with Crippen LogP contribution in [0.5, 0.6) is 5.75 Å². The highest BCUT2D eigenvalue weighted by Crippen LogP contribution is 2.31. The molecule has 0 saturated heterocycles. The lowest BCUT2D eigenvalue weighted by molar-refractivity contribution is -0.143. The van der Waals surface area contributed by atoms with Gasteiger partial charge in [-0.3, -0.25) is 9.59 Å². The van der Waals surface area contributed by atoms with Crippen LogP contribution in [-0.2, 0) is 20.7 Å². The summed E-state index contributed by atoms with van der Waals surface area (Å²) < 4.78 is 5.51. The molecular weight excluding hydrogens is 554 g/mol. The minimum absolute atomic E-state index is 0.0760. The zero-order valence-electron chi connectivity index (χ0n) is 26.6. The number of carbonyl (C=O) groups is 3. The van der Waals surface area contributed by atoms with E-state index in [9.17, 15) is 19.5 Å². The van der Waals surface area contributed by atoms with Crippen molar-refractivity contribution in [1.29, 1.82) is 0 Å². The van der Waals surface area contributed by atoms with Crippen molar-refractivity contribution < 1.29 is 24.2 Å². The van der Waals surface area contributed by atoms with E-state index in [-0.39, 0.29) is 12.2 Å². The SMILES string of the molecule is C#Cc1ccccc1C(C(=O)Nc1c(C)cccc1C)N(C(=O)C(Cc1ccc(O)cc1)NC(=O)OC(C)(C)C)C(C)CC. The Morgan fingerprint density at radius 1 is 0.977 bits per heavy atom. The van der Waals surface area contributed by atoms with Crippen molar-refractivity contribution in [3.8, 4) is 18.1 Å². The Morgan fingerprint density at radius 2 is 1.59 bits per heavy atom. The fraction of sp³-hybridized carbons (Fsp3) is 0.361. The van der Waals surface area contributed by atoms with E-state index < -0.39 is 41.6 Å². The molecule has 0 aliphatic rings. The van der Waals surface area contributed by atoms with E-state index in [1.54, 1.807) is 57.2 Å². The molecule has 3 N–H and O–H groups in total. The van der Waals surface area contributed by atoms with Gasteiger partial charge in [0.05, 0.1) is 0 Å². The Bertz CT molecular complexity index is 1500. The summed E-state index contributed by atoms with van der Waals surface area (Å²) in [7, 11) is 0. The molecule has 0 radical (unpaired) electrons. The molecule has 0 aliphatic carbocycles. The first-order chi connectivity index (χ1) is 20.7. The third-order valence-electron chi connectivity index (χ3n) is 7.35. The molecule has 3 rings (SSSR count). The number of phenols is 1. The predicted octanol–water partition coefficient (Wildman–Crippen LogP) is 6.43. The number of hydrogen-bond acceptors (Lipinski definition) is 5. The maximum Gasteiger partial charge on any atom is 0.408 e. The van der Waals surface area contributed by atoms with E-state index in [0.29, 0.717) is 28.8 Å². The molecule has 0 fully saturated rings. The average Bonchev–Trinajstić information content (AvgIpc) is 2.96. The monoisotopic (exact) mass is 597 g/mol. The first kappa shape index (κ1) is 33.7. The number of carbonyl (C=O) groups excluding carboxylic acids is 3. The van der Waals surface area contributed by atoms with Gasteiger partial charge in [-0.15, -0.1) is 6.42 Å². The Morgan fingerprint density at radius 3 is 2.16 bits per heavy atom. The molecule has 8 heteroatoms. The minimum atomic E-state index is -1.12. The van der Waals surface area contributed by atoms with Crippen molar-refractivity contribution in [2.45, 2.75) is 85.0 Å². The maximum atomic E-state index is 14.7. The summed E-state index contributed by atoms with van der Waals surface area (Å²) in [5.41, 5.74) is 3.28. The number of aromatic hydroxyl groups is 1. The predicted molar refractivity (Wildman–Crippen MR) is 173 cm³/mol. The normalized spacial score (nSPS) is 13.1. The second-order valence-electron chi connectivity index (χ2n) is 12.0. The number of para-hydroxylation sites is 1. The number of phenolic OH excluding ortho intramolecular Hbond substituents is 1. The smallest absolute Gasteiger partial charge is 0.408 e. The number of terminal acetylenes is 1. The maximum absolute atomic E-state index is 14.7. The summed E-state index contributed by atoms with van der Waals surface area (Å²) in [6.45, 7) is 12.8. The van der Waals surface area contributed by atoms with Crippen molar-refractivity contribution in [3.05, 3.63) is 94.5 Å². The third kappa shape index (κ3) is 8.63. The van der Waals surface area contributed by atoms with Crippen LogP contribution in [0.15, 0.2) is 66.7 Å². The van der Waals surface area contributed by atoms with Crippen LogP contribution >= 0.6 is 0 Å². The highest BCUT2D eigenvalue weighted by Gasteiger charge is 2.39. The number of ether oxygens (including phenoxy) is 1. The zero-order chi connectivity index (χ0) is 32.6. The van der Waals surface area contributed by atoms with Gasteiger partial charge in [-0.1, -0.05) is 61.4 Å². The van der Waals surface area contributed by atoms with Gasteiger partial charge in [-0.2, -0.15) is 0 Å². The quantitative estimate of drug-likeness (QED) is 0.233. The molecule has 3 unspecified atom stereocenters. The standard InChI is InChI=1S/C36H43N3O5/c1-9-25(5)39(34(42)30(37-35(43)44-36(6,7)8)22-26-18-20-28(40)21-19-26)32(29-17-12-11-16-27(29)10-2)33(41)38-31-23(3)14-13-15-24(31)4/h2,11-21,25,30,32,40H,9,22H2,1,3-8H3,(H,37,43)(H,38,41). The number of nitrogens with zero attached hydrogens (tertiary/aromatic N) is 1. The fourth-order valence-corrected chi connectivity index (χ4v) is 4.98. The molecule has 3 aromatic rings. The van der Waals surface area contributed by atoms with Crippen LogP contribution in [0.3, 0.4) is 0 Å². The van der Waals surface area contributed by atoms with Crippen LogP contribution in [0.25, 0.3) is 0 Å². The van der Waals surface area contributed by atoms with Gasteiger partial charge in [0, 0.05) is 23.7 Å². The van der Waals surface area contributed by atoms with Crippen molar-refractivity contribution in [2.24, 2.45) is 0 Å². The Labute approximate surface area is 260 Å². The van der Waals surface area contributed by atoms with Crippen molar-refractivity contribution in [1.82, 2.24) is 10.2 Å². The number of amides is 3. The molecule has 8 nitrogen and oxygen atoms in total.